The molecule has 0 saturated heterocycles. The van der Waals surface area contributed by atoms with Gasteiger partial charge in [-0.2, -0.15) is 0 Å². The summed E-state index contributed by atoms with van der Waals surface area (Å²) in [7, 11) is -5.21. The zero-order chi connectivity index (χ0) is 19.3. The van der Waals surface area contributed by atoms with Crippen LogP contribution < -0.4 is 20.8 Å². The summed E-state index contributed by atoms with van der Waals surface area (Å²) in [6.07, 6.45) is 0. The first-order valence-corrected chi connectivity index (χ1v) is 12.0. The molecule has 1 atom stereocenters. The molecule has 0 saturated carbocycles. The Labute approximate surface area is 161 Å². The van der Waals surface area contributed by atoms with Crippen molar-refractivity contribution in [3.05, 3.63) is 102 Å². The van der Waals surface area contributed by atoms with Gasteiger partial charge in [-0.15, -0.1) is 0 Å². The molecule has 0 aliphatic carbocycles. The summed E-state index contributed by atoms with van der Waals surface area (Å²) >= 11 is 0. The highest BCUT2D eigenvalue weighted by Gasteiger charge is 2.44. The molecule has 3 rings (SSSR count). The van der Waals surface area contributed by atoms with E-state index in [1.165, 1.54) is 7.11 Å². The van der Waals surface area contributed by atoms with Gasteiger partial charge in [0, 0.05) is 12.4 Å². The summed E-state index contributed by atoms with van der Waals surface area (Å²) in [5, 5.41) is 3.53. The second kappa shape index (κ2) is 8.33. The van der Waals surface area contributed by atoms with Crippen LogP contribution >= 0.6 is 14.9 Å². The summed E-state index contributed by atoms with van der Waals surface area (Å²) in [5.41, 5.74) is 0. The Balaban J connectivity index is 2.40. The van der Waals surface area contributed by atoms with Crippen molar-refractivity contribution in [1.82, 2.24) is 0 Å². The third-order valence-electron chi connectivity index (χ3n) is 4.54. The van der Waals surface area contributed by atoms with Gasteiger partial charge in [-0.05, 0) is 43.3 Å². The van der Waals surface area contributed by atoms with Gasteiger partial charge in [-0.25, -0.2) is 0 Å². The lowest BCUT2D eigenvalue weighted by Gasteiger charge is -2.27. The maximum atomic E-state index is 12.4. The third-order valence-corrected chi connectivity index (χ3v) is 10.3. The van der Waals surface area contributed by atoms with Crippen molar-refractivity contribution < 1.29 is 14.0 Å². The molecule has 0 bridgehead atoms. The summed E-state index contributed by atoms with van der Waals surface area (Å²) in [5.74, 6) is 1.91. The normalized spacial score (nSPS) is 14.6. The van der Waals surface area contributed by atoms with Crippen LogP contribution in [-0.2, 0) is 9.09 Å². The van der Waals surface area contributed by atoms with E-state index in [9.17, 15) is 9.46 Å². The van der Waals surface area contributed by atoms with E-state index in [0.717, 1.165) is 15.9 Å². The van der Waals surface area contributed by atoms with Gasteiger partial charge in [-0.1, -0.05) is 54.6 Å². The van der Waals surface area contributed by atoms with Crippen molar-refractivity contribution in [2.75, 3.05) is 7.11 Å². The van der Waals surface area contributed by atoms with Crippen LogP contribution in [0.15, 0.2) is 102 Å². The minimum Gasteiger partial charge on any atom is -0.775 e. The van der Waals surface area contributed by atoms with Crippen molar-refractivity contribution >= 4 is 30.8 Å². The first kappa shape index (κ1) is 19.7. The Morgan fingerprint density at radius 3 is 1.44 bits per heavy atom. The van der Waals surface area contributed by atoms with E-state index < -0.39 is 14.9 Å². The number of benzene rings is 3. The summed E-state index contributed by atoms with van der Waals surface area (Å²) in [6, 6.07) is 30.3. The lowest BCUT2D eigenvalue weighted by Crippen LogP contribution is -2.30. The quantitative estimate of drug-likeness (QED) is 0.591. The molecule has 1 unspecified atom stereocenters. The predicted octanol–water partition coefficient (Wildman–Crippen LogP) is 4.04. The van der Waals surface area contributed by atoms with Crippen molar-refractivity contribution in [2.45, 2.75) is 6.92 Å². The van der Waals surface area contributed by atoms with Crippen LogP contribution in [-0.4, -0.2) is 7.11 Å². The van der Waals surface area contributed by atoms with E-state index in [2.05, 4.69) is 36.4 Å². The SMILES string of the molecule is COP(=O)([O-])/C(C)=C/[P+](c1ccccc1)(c1ccccc1)c1ccccc1. The fourth-order valence-electron chi connectivity index (χ4n) is 3.16. The van der Waals surface area contributed by atoms with Crippen LogP contribution in [0, 0.1) is 0 Å². The zero-order valence-electron chi connectivity index (χ0n) is 15.4. The zero-order valence-corrected chi connectivity index (χ0v) is 17.1. The summed E-state index contributed by atoms with van der Waals surface area (Å²) < 4.78 is 17.2. The van der Waals surface area contributed by atoms with Crippen LogP contribution in [0.5, 0.6) is 0 Å². The van der Waals surface area contributed by atoms with Gasteiger partial charge in [0.2, 0.25) is 0 Å². The van der Waals surface area contributed by atoms with Crippen molar-refractivity contribution in [3.8, 4) is 0 Å². The van der Waals surface area contributed by atoms with Crippen molar-refractivity contribution in [3.63, 3.8) is 0 Å². The molecular weight excluding hydrogens is 374 g/mol. The highest BCUT2D eigenvalue weighted by atomic mass is 31.2. The molecule has 0 N–H and O–H groups in total. The van der Waals surface area contributed by atoms with Gasteiger partial charge in [-0.3, -0.25) is 0 Å². The second-order valence-corrected chi connectivity index (χ2v) is 11.5. The molecule has 0 amide bonds. The molecule has 0 aromatic heterocycles. The highest BCUT2D eigenvalue weighted by molar-refractivity contribution is 7.98. The first-order valence-electron chi connectivity index (χ1n) is 8.63. The van der Waals surface area contributed by atoms with Gasteiger partial charge in [0.15, 0.2) is 7.60 Å². The van der Waals surface area contributed by atoms with Crippen LogP contribution in [0.1, 0.15) is 6.92 Å². The van der Waals surface area contributed by atoms with E-state index in [-0.39, 0.29) is 5.31 Å². The lowest BCUT2D eigenvalue weighted by molar-refractivity contribution is -0.193. The molecule has 0 spiro atoms. The van der Waals surface area contributed by atoms with E-state index in [1.807, 2.05) is 60.4 Å². The van der Waals surface area contributed by atoms with Gasteiger partial charge in [0.1, 0.15) is 23.2 Å². The van der Waals surface area contributed by atoms with Crippen molar-refractivity contribution in [2.24, 2.45) is 0 Å². The van der Waals surface area contributed by atoms with E-state index in [4.69, 9.17) is 4.52 Å². The fraction of sp³-hybridized carbons (Fsp3) is 0.0909. The van der Waals surface area contributed by atoms with E-state index >= 15 is 0 Å². The van der Waals surface area contributed by atoms with Gasteiger partial charge in [0.25, 0.3) is 0 Å². The van der Waals surface area contributed by atoms with Crippen molar-refractivity contribution in [1.29, 1.82) is 0 Å². The largest absolute Gasteiger partial charge is 0.775 e. The van der Waals surface area contributed by atoms with E-state index in [0.29, 0.717) is 0 Å². The number of rotatable bonds is 6. The minimum absolute atomic E-state index is 0.245. The van der Waals surface area contributed by atoms with E-state index in [1.54, 1.807) is 6.92 Å². The third kappa shape index (κ3) is 3.98. The average Bonchev–Trinajstić information content (AvgIpc) is 2.73. The van der Waals surface area contributed by atoms with Gasteiger partial charge in [0.05, 0.1) is 5.82 Å². The highest BCUT2D eigenvalue weighted by Crippen LogP contribution is 2.61. The Kier molecular flexibility index (Phi) is 6.09. The van der Waals surface area contributed by atoms with Crippen LogP contribution in [0.2, 0.25) is 0 Å². The molecule has 27 heavy (non-hydrogen) atoms. The molecule has 0 aliphatic rings. The predicted molar refractivity (Wildman–Crippen MR) is 114 cm³/mol. The van der Waals surface area contributed by atoms with Crippen LogP contribution in [0.4, 0.5) is 0 Å². The molecule has 3 aromatic rings. The van der Waals surface area contributed by atoms with Gasteiger partial charge < -0.3 is 14.0 Å². The Morgan fingerprint density at radius 2 is 1.15 bits per heavy atom. The second-order valence-electron chi connectivity index (χ2n) is 6.18. The number of hydrogen-bond donors (Lipinski definition) is 0. The standard InChI is InChI=1S/C22H22O3P2/c1-19(27(23,24)25-2)18-26(20-12-6-3-7-13-20,21-14-8-4-9-15-21)22-16-10-5-11-17-22/h3-18H,1-2H3/b19-18+. The number of allylic oxidation sites excluding steroid dienone is 1. The molecule has 5 heteroatoms. The summed E-state index contributed by atoms with van der Waals surface area (Å²) in [4.78, 5) is 12.4. The Morgan fingerprint density at radius 1 is 0.815 bits per heavy atom. The molecule has 0 radical (unpaired) electrons. The van der Waals surface area contributed by atoms with Crippen LogP contribution in [0.25, 0.3) is 0 Å². The molecule has 0 fully saturated rings. The minimum atomic E-state index is -4.08. The first-order chi connectivity index (χ1) is 13.0. The molecular formula is C22H22O3P2. The average molecular weight is 396 g/mol. The Hall–Kier alpha value is -2.02. The Bertz CT molecular complexity index is 858. The molecule has 0 aliphatic heterocycles. The molecule has 138 valence electrons. The van der Waals surface area contributed by atoms with Crippen LogP contribution in [0.3, 0.4) is 0 Å². The molecule has 3 aromatic carbocycles. The molecule has 0 heterocycles. The summed E-state index contributed by atoms with van der Waals surface area (Å²) in [6.45, 7) is 1.61. The molecule has 3 nitrogen and oxygen atoms in total. The topological polar surface area (TPSA) is 49.4 Å². The fourth-order valence-corrected chi connectivity index (χ4v) is 8.36. The monoisotopic (exact) mass is 396 g/mol. The smallest absolute Gasteiger partial charge is 0.163 e. The number of hydrogen-bond acceptors (Lipinski definition) is 3. The van der Waals surface area contributed by atoms with Gasteiger partial charge >= 0.3 is 0 Å². The lowest BCUT2D eigenvalue weighted by atomic mass is 10.4. The maximum absolute atomic E-state index is 12.4. The maximum Gasteiger partial charge on any atom is 0.163 e.